The summed E-state index contributed by atoms with van der Waals surface area (Å²) < 4.78 is 5.58. The molecule has 2 saturated heterocycles. The predicted octanol–water partition coefficient (Wildman–Crippen LogP) is 3.21. The molecule has 3 fully saturated rings. The molecule has 5 nitrogen and oxygen atoms in total. The van der Waals surface area contributed by atoms with Gasteiger partial charge in [-0.25, -0.2) is 0 Å². The fraction of sp³-hybridized carbons (Fsp3) is 0.545. The fourth-order valence-electron chi connectivity index (χ4n) is 4.31. The first-order valence-electron chi connectivity index (χ1n) is 10.3. The Morgan fingerprint density at radius 1 is 1.18 bits per heavy atom. The summed E-state index contributed by atoms with van der Waals surface area (Å²) in [5, 5.41) is 3.35. The molecule has 1 aromatic rings. The van der Waals surface area contributed by atoms with Gasteiger partial charge in [0.25, 0.3) is 5.91 Å². The average molecular weight is 401 g/mol. The van der Waals surface area contributed by atoms with E-state index in [1.165, 1.54) is 6.42 Å². The summed E-state index contributed by atoms with van der Waals surface area (Å²) in [6.07, 6.45) is 8.54. The molecule has 4 rings (SSSR count). The van der Waals surface area contributed by atoms with E-state index in [9.17, 15) is 9.59 Å². The van der Waals surface area contributed by atoms with Crippen LogP contribution in [0.5, 0.6) is 0 Å². The Balaban J connectivity index is 1.46. The molecule has 0 bridgehead atoms. The number of fused-ring (bicyclic) bond motifs is 1. The van der Waals surface area contributed by atoms with E-state index in [-0.39, 0.29) is 30.5 Å². The minimum atomic E-state index is -0.0841. The third-order valence-corrected chi connectivity index (χ3v) is 7.18. The van der Waals surface area contributed by atoms with E-state index >= 15 is 0 Å². The largest absolute Gasteiger partial charge is 0.376 e. The second kappa shape index (κ2) is 9.14. The maximum absolute atomic E-state index is 13.2. The van der Waals surface area contributed by atoms with E-state index in [0.717, 1.165) is 49.2 Å². The molecule has 2 aliphatic heterocycles. The number of nitrogens with one attached hydrogen (secondary N) is 1. The third-order valence-electron chi connectivity index (χ3n) is 5.78. The van der Waals surface area contributed by atoms with Crippen LogP contribution in [0.1, 0.15) is 44.1 Å². The molecule has 3 aliphatic rings. The highest BCUT2D eigenvalue weighted by atomic mass is 32.2. The van der Waals surface area contributed by atoms with E-state index in [1.807, 2.05) is 41.3 Å². The van der Waals surface area contributed by atoms with E-state index in [2.05, 4.69) is 5.32 Å². The number of hydrogen-bond donors (Lipinski definition) is 1. The van der Waals surface area contributed by atoms with E-state index in [4.69, 9.17) is 4.74 Å². The molecule has 2 amide bonds. The number of rotatable bonds is 5. The highest BCUT2D eigenvalue weighted by Gasteiger charge is 2.41. The van der Waals surface area contributed by atoms with E-state index in [1.54, 1.807) is 11.8 Å². The molecule has 3 atom stereocenters. The molecule has 0 aromatic heterocycles. The van der Waals surface area contributed by atoms with Crippen LogP contribution in [-0.2, 0) is 14.3 Å². The van der Waals surface area contributed by atoms with Crippen LogP contribution in [0.25, 0.3) is 6.08 Å². The first-order valence-corrected chi connectivity index (χ1v) is 11.2. The van der Waals surface area contributed by atoms with Gasteiger partial charge >= 0.3 is 0 Å². The monoisotopic (exact) mass is 400 g/mol. The van der Waals surface area contributed by atoms with Gasteiger partial charge in [-0.2, -0.15) is 0 Å². The molecular weight excluding hydrogens is 372 g/mol. The lowest BCUT2D eigenvalue weighted by Gasteiger charge is -2.43. The number of carbonyl (C=O) groups excluding carboxylic acids is 2. The normalized spacial score (nSPS) is 29.0. The minimum Gasteiger partial charge on any atom is -0.376 e. The van der Waals surface area contributed by atoms with Gasteiger partial charge in [-0.15, -0.1) is 11.8 Å². The van der Waals surface area contributed by atoms with Gasteiger partial charge in [0.15, 0.2) is 0 Å². The van der Waals surface area contributed by atoms with Crippen molar-refractivity contribution in [2.45, 2.75) is 55.9 Å². The van der Waals surface area contributed by atoms with Gasteiger partial charge in [0.2, 0.25) is 5.91 Å². The summed E-state index contributed by atoms with van der Waals surface area (Å²) in [7, 11) is 0. The summed E-state index contributed by atoms with van der Waals surface area (Å²) in [4.78, 5) is 28.3. The van der Waals surface area contributed by atoms with Crippen molar-refractivity contribution in [3.05, 3.63) is 40.8 Å². The summed E-state index contributed by atoms with van der Waals surface area (Å²) in [6.45, 7) is 1.45. The summed E-state index contributed by atoms with van der Waals surface area (Å²) in [6, 6.07) is 10.1. The predicted molar refractivity (Wildman–Crippen MR) is 112 cm³/mol. The maximum Gasteiger partial charge on any atom is 0.261 e. The molecular formula is C22H28N2O3S. The molecule has 1 N–H and O–H groups in total. The summed E-state index contributed by atoms with van der Waals surface area (Å²) in [5.41, 5.74) is 1.02. The van der Waals surface area contributed by atoms with Crippen molar-refractivity contribution in [1.29, 1.82) is 0 Å². The lowest BCUT2D eigenvalue weighted by molar-refractivity contribution is -0.135. The van der Waals surface area contributed by atoms with E-state index < -0.39 is 0 Å². The van der Waals surface area contributed by atoms with Gasteiger partial charge in [-0.05, 0) is 37.3 Å². The van der Waals surface area contributed by atoms with Gasteiger partial charge in [-0.1, -0.05) is 43.2 Å². The Labute approximate surface area is 170 Å². The van der Waals surface area contributed by atoms with Crippen LogP contribution in [0, 0.1) is 0 Å². The van der Waals surface area contributed by atoms with Crippen LogP contribution in [0.4, 0.5) is 0 Å². The lowest BCUT2D eigenvalue weighted by atomic mass is 9.93. The zero-order valence-corrected chi connectivity index (χ0v) is 17.0. The molecule has 150 valence electrons. The second-order valence-electron chi connectivity index (χ2n) is 7.80. The first kappa shape index (κ1) is 19.5. The van der Waals surface area contributed by atoms with Crippen molar-refractivity contribution < 1.29 is 14.3 Å². The van der Waals surface area contributed by atoms with Gasteiger partial charge in [-0.3, -0.25) is 9.59 Å². The van der Waals surface area contributed by atoms with Crippen LogP contribution in [-0.4, -0.2) is 53.8 Å². The van der Waals surface area contributed by atoms with Crippen molar-refractivity contribution in [3.8, 4) is 0 Å². The Bertz CT molecular complexity index is 731. The Hall–Kier alpha value is -1.79. The average Bonchev–Trinajstić information content (AvgIpc) is 3.24. The van der Waals surface area contributed by atoms with Gasteiger partial charge < -0.3 is 15.0 Å². The number of benzene rings is 1. The highest BCUT2D eigenvalue weighted by molar-refractivity contribution is 8.04. The second-order valence-corrected chi connectivity index (χ2v) is 9.08. The van der Waals surface area contributed by atoms with Crippen LogP contribution in [0.3, 0.4) is 0 Å². The van der Waals surface area contributed by atoms with Gasteiger partial charge in [0.05, 0.1) is 11.0 Å². The summed E-state index contributed by atoms with van der Waals surface area (Å²) >= 11 is 1.70. The Morgan fingerprint density at radius 3 is 2.79 bits per heavy atom. The zero-order valence-electron chi connectivity index (χ0n) is 16.1. The molecule has 2 heterocycles. The molecule has 0 radical (unpaired) electrons. The molecule has 0 spiro atoms. The molecule has 1 aliphatic carbocycles. The standard InChI is InChI=1S/C22H28N2O3S/c25-21(23-14-17-9-6-12-27-17)15-24-18-10-4-5-11-19(18)28-20(22(24)26)13-16-7-2-1-3-8-16/h1-3,7-8,13,17-19H,4-6,9-12,14-15H2,(H,23,25)/b20-13-. The van der Waals surface area contributed by atoms with Crippen LogP contribution < -0.4 is 5.32 Å². The fourth-order valence-corrected chi connectivity index (χ4v) is 5.78. The van der Waals surface area contributed by atoms with Crippen LogP contribution >= 0.6 is 11.8 Å². The van der Waals surface area contributed by atoms with E-state index in [0.29, 0.717) is 11.8 Å². The molecule has 1 saturated carbocycles. The number of amides is 2. The van der Waals surface area contributed by atoms with Gasteiger partial charge in [0.1, 0.15) is 6.54 Å². The lowest BCUT2D eigenvalue weighted by Crippen LogP contribution is -2.54. The van der Waals surface area contributed by atoms with Crippen molar-refractivity contribution in [1.82, 2.24) is 10.2 Å². The number of ether oxygens (including phenoxy) is 1. The van der Waals surface area contributed by atoms with Crippen molar-refractivity contribution >= 4 is 29.7 Å². The number of carbonyl (C=O) groups is 2. The van der Waals surface area contributed by atoms with Crippen molar-refractivity contribution in [3.63, 3.8) is 0 Å². The molecule has 3 unspecified atom stereocenters. The number of thioether (sulfide) groups is 1. The maximum atomic E-state index is 13.2. The van der Waals surface area contributed by atoms with Crippen molar-refractivity contribution in [2.75, 3.05) is 19.7 Å². The van der Waals surface area contributed by atoms with Crippen LogP contribution in [0.2, 0.25) is 0 Å². The summed E-state index contributed by atoms with van der Waals surface area (Å²) in [5.74, 6) is -0.0941. The highest BCUT2D eigenvalue weighted by Crippen LogP contribution is 2.42. The van der Waals surface area contributed by atoms with Crippen LogP contribution in [0.15, 0.2) is 35.2 Å². The zero-order chi connectivity index (χ0) is 19.3. The first-order chi connectivity index (χ1) is 13.7. The SMILES string of the molecule is O=C(CN1C(=O)/C(=C/c2ccccc2)SC2CCCCC21)NCC1CCCO1. The molecule has 6 heteroatoms. The van der Waals surface area contributed by atoms with Gasteiger partial charge in [0, 0.05) is 24.4 Å². The smallest absolute Gasteiger partial charge is 0.261 e. The number of nitrogens with zero attached hydrogens (tertiary/aromatic N) is 1. The molecule has 1 aromatic carbocycles. The third kappa shape index (κ3) is 4.61. The topological polar surface area (TPSA) is 58.6 Å². The Morgan fingerprint density at radius 2 is 2.00 bits per heavy atom. The quantitative estimate of drug-likeness (QED) is 0.771. The molecule has 28 heavy (non-hydrogen) atoms. The van der Waals surface area contributed by atoms with Crippen molar-refractivity contribution in [2.24, 2.45) is 0 Å². The minimum absolute atomic E-state index is 0.00994. The number of hydrogen-bond acceptors (Lipinski definition) is 4. The Kier molecular flexibility index (Phi) is 6.37.